The predicted molar refractivity (Wildman–Crippen MR) is 184 cm³/mol. The second kappa shape index (κ2) is 18.4. The molecule has 0 bridgehead atoms. The second-order valence-electron chi connectivity index (χ2n) is 10.4. The quantitative estimate of drug-likeness (QED) is 0.136. The second-order valence-corrected chi connectivity index (χ2v) is 11.8. The number of nitrogens with zero attached hydrogens (tertiary/aromatic N) is 1. The number of amides is 2. The van der Waals surface area contributed by atoms with Crippen molar-refractivity contribution in [2.75, 3.05) is 14.2 Å². The van der Waals surface area contributed by atoms with Crippen molar-refractivity contribution < 1.29 is 23.1 Å². The molecule has 1 aliphatic rings. The van der Waals surface area contributed by atoms with Crippen LogP contribution in [0.25, 0.3) is 15.7 Å². The van der Waals surface area contributed by atoms with Gasteiger partial charge in [0.15, 0.2) is 0 Å². The van der Waals surface area contributed by atoms with Crippen molar-refractivity contribution in [1.82, 2.24) is 4.90 Å². The molecule has 2 aromatic carbocycles. The van der Waals surface area contributed by atoms with E-state index in [9.17, 15) is 18.4 Å². The molecular weight excluding hydrogens is 616 g/mol. The molecule has 6 nitrogen and oxygen atoms in total. The molecule has 0 saturated heterocycles. The van der Waals surface area contributed by atoms with Crippen molar-refractivity contribution in [2.24, 2.45) is 11.5 Å². The van der Waals surface area contributed by atoms with E-state index >= 15 is 0 Å². The molecule has 0 spiro atoms. The molecule has 10 heteroatoms. The first-order chi connectivity index (χ1) is 21.6. The van der Waals surface area contributed by atoms with Gasteiger partial charge in [0.25, 0.3) is 5.91 Å². The predicted octanol–water partition coefficient (Wildman–Crippen LogP) is 8.81. The Kier molecular flexibility index (Phi) is 15.4. The standard InChI is InChI=1S/C31H33ClF2N2O3S.C3H6.CH5N/c1-4-8-19(15-18(2)30(35)37)20-11-14-25(39-3)21(16-20)17-36(22-9-6-5-7-10-22)31(38)29-27(32)26-23(33)12-13-24(34)28(26)40-29;1-3-2;1-2/h8,11-16,22H,4-7,9-10,17H2,1-3H3,(H2,35,37);3H,1H2,2H3;2H2,1H3/b18-15+,19-8+;;. The number of carbonyl (C=O) groups excluding carboxylic acids is 2. The zero-order chi connectivity index (χ0) is 33.7. The zero-order valence-electron chi connectivity index (χ0n) is 26.7. The van der Waals surface area contributed by atoms with Gasteiger partial charge in [-0.1, -0.05) is 56.0 Å². The number of carbonyl (C=O) groups is 2. The first kappa shape index (κ1) is 37.7. The van der Waals surface area contributed by atoms with Crippen molar-refractivity contribution in [3.05, 3.63) is 93.4 Å². The fraction of sp³-hybridized carbons (Fsp3) is 0.371. The van der Waals surface area contributed by atoms with Gasteiger partial charge >= 0.3 is 0 Å². The summed E-state index contributed by atoms with van der Waals surface area (Å²) in [5.41, 5.74) is 12.8. The Morgan fingerprint density at radius 2 is 1.76 bits per heavy atom. The van der Waals surface area contributed by atoms with Gasteiger partial charge in [0.05, 0.1) is 22.2 Å². The summed E-state index contributed by atoms with van der Waals surface area (Å²) in [6, 6.07) is 7.69. The Morgan fingerprint density at radius 3 is 2.31 bits per heavy atom. The maximum Gasteiger partial charge on any atom is 0.266 e. The van der Waals surface area contributed by atoms with E-state index in [0.29, 0.717) is 11.3 Å². The van der Waals surface area contributed by atoms with Crippen LogP contribution in [0.4, 0.5) is 8.78 Å². The van der Waals surface area contributed by atoms with Crippen LogP contribution in [0.3, 0.4) is 0 Å². The number of benzene rings is 2. The summed E-state index contributed by atoms with van der Waals surface area (Å²) in [6.45, 7) is 9.13. The van der Waals surface area contributed by atoms with Crippen molar-refractivity contribution in [1.29, 1.82) is 0 Å². The van der Waals surface area contributed by atoms with Crippen LogP contribution in [-0.4, -0.2) is 36.9 Å². The molecule has 1 aromatic heterocycles. The SMILES string of the molecule is C=CC.CC/C=C(\C=C(/C)C(N)=O)c1ccc(OC)c(CN(C(=O)c2sc3c(F)ccc(F)c3c2Cl)C2CCCCC2)c1.CN. The monoisotopic (exact) mass is 659 g/mol. The van der Waals surface area contributed by atoms with E-state index in [4.69, 9.17) is 22.1 Å². The summed E-state index contributed by atoms with van der Waals surface area (Å²) in [4.78, 5) is 27.7. The maximum absolute atomic E-state index is 14.6. The van der Waals surface area contributed by atoms with Crippen molar-refractivity contribution >= 4 is 50.4 Å². The highest BCUT2D eigenvalue weighted by Gasteiger charge is 2.31. The molecule has 0 radical (unpaired) electrons. The Morgan fingerprint density at radius 1 is 1.13 bits per heavy atom. The van der Waals surface area contributed by atoms with Crippen molar-refractivity contribution in [3.63, 3.8) is 0 Å². The van der Waals surface area contributed by atoms with Gasteiger partial charge in [-0.15, -0.1) is 17.9 Å². The minimum atomic E-state index is -0.662. The fourth-order valence-corrected chi connectivity index (χ4v) is 6.68. The van der Waals surface area contributed by atoms with E-state index in [-0.39, 0.29) is 38.5 Å². The third-order valence-electron chi connectivity index (χ3n) is 7.29. The summed E-state index contributed by atoms with van der Waals surface area (Å²) < 4.78 is 34.9. The highest BCUT2D eigenvalue weighted by atomic mass is 35.5. The molecule has 3 aromatic rings. The number of fused-ring (bicyclic) bond motifs is 1. The molecule has 244 valence electrons. The lowest BCUT2D eigenvalue weighted by Crippen LogP contribution is -2.40. The molecular formula is C35H44ClF2N3O3S. The number of methoxy groups -OCH3 is 1. The number of hydrogen-bond donors (Lipinski definition) is 2. The zero-order valence-corrected chi connectivity index (χ0v) is 28.3. The number of nitrogens with two attached hydrogens (primary N) is 2. The number of thiophene rings is 1. The first-order valence-electron chi connectivity index (χ1n) is 14.9. The average Bonchev–Trinajstić information content (AvgIpc) is 3.40. The van der Waals surface area contributed by atoms with E-state index in [0.717, 1.165) is 78.7 Å². The van der Waals surface area contributed by atoms with Gasteiger partial charge < -0.3 is 21.1 Å². The Balaban J connectivity index is 0.00000133. The summed E-state index contributed by atoms with van der Waals surface area (Å²) >= 11 is 7.41. The number of rotatable bonds is 9. The van der Waals surface area contributed by atoms with E-state index in [2.05, 4.69) is 12.3 Å². The maximum atomic E-state index is 14.6. The van der Waals surface area contributed by atoms with Gasteiger partial charge in [-0.3, -0.25) is 9.59 Å². The molecule has 0 atom stereocenters. The Bertz CT molecular complexity index is 1540. The summed E-state index contributed by atoms with van der Waals surface area (Å²) in [6.07, 6.45) is 10.9. The molecule has 2 amide bonds. The highest BCUT2D eigenvalue weighted by Crippen LogP contribution is 2.40. The molecule has 4 rings (SSSR count). The number of primary amides is 1. The summed E-state index contributed by atoms with van der Waals surface area (Å²) in [5, 5.41) is -0.132. The summed E-state index contributed by atoms with van der Waals surface area (Å²) in [7, 11) is 3.07. The molecule has 1 aliphatic carbocycles. The van der Waals surface area contributed by atoms with Crippen LogP contribution in [0.1, 0.15) is 80.1 Å². The number of allylic oxidation sites excluding steroid dienone is 4. The molecule has 0 aliphatic heterocycles. The normalized spacial score (nSPS) is 13.7. The van der Waals surface area contributed by atoms with E-state index in [1.807, 2.05) is 38.1 Å². The van der Waals surface area contributed by atoms with Crippen LogP contribution in [-0.2, 0) is 11.3 Å². The lowest BCUT2D eigenvalue weighted by molar-refractivity contribution is -0.114. The van der Waals surface area contributed by atoms with Gasteiger partial charge in [-0.25, -0.2) is 8.78 Å². The molecule has 0 unspecified atom stereocenters. The Hall–Kier alpha value is -3.53. The third kappa shape index (κ3) is 9.48. The third-order valence-corrected chi connectivity index (χ3v) is 8.97. The smallest absolute Gasteiger partial charge is 0.266 e. The molecule has 4 N–H and O–H groups in total. The van der Waals surface area contributed by atoms with Gasteiger partial charge in [0.1, 0.15) is 22.3 Å². The lowest BCUT2D eigenvalue weighted by atomic mass is 9.93. The van der Waals surface area contributed by atoms with Gasteiger partial charge in [-0.05, 0) is 81.6 Å². The molecule has 1 fully saturated rings. The lowest BCUT2D eigenvalue weighted by Gasteiger charge is -2.34. The minimum absolute atomic E-state index is 0.0301. The Labute approximate surface area is 274 Å². The van der Waals surface area contributed by atoms with E-state index < -0.39 is 17.5 Å². The van der Waals surface area contributed by atoms with Gasteiger partial charge in [0.2, 0.25) is 5.91 Å². The number of halogens is 3. The highest BCUT2D eigenvalue weighted by molar-refractivity contribution is 7.21. The van der Waals surface area contributed by atoms with E-state index in [1.165, 1.54) is 7.05 Å². The largest absolute Gasteiger partial charge is 0.496 e. The van der Waals surface area contributed by atoms with Crippen LogP contribution in [0.2, 0.25) is 5.02 Å². The van der Waals surface area contributed by atoms with Crippen LogP contribution in [0.15, 0.2) is 60.7 Å². The first-order valence-corrected chi connectivity index (χ1v) is 16.1. The summed E-state index contributed by atoms with van der Waals surface area (Å²) in [5.74, 6) is -1.54. The molecule has 1 heterocycles. The fourth-order valence-electron chi connectivity index (χ4n) is 5.17. The molecule has 45 heavy (non-hydrogen) atoms. The van der Waals surface area contributed by atoms with Gasteiger partial charge in [-0.2, -0.15) is 0 Å². The molecule has 1 saturated carbocycles. The minimum Gasteiger partial charge on any atom is -0.496 e. The van der Waals surface area contributed by atoms with Crippen LogP contribution < -0.4 is 16.2 Å². The van der Waals surface area contributed by atoms with E-state index in [1.54, 1.807) is 31.1 Å². The average molecular weight is 660 g/mol. The number of ether oxygens (including phenoxy) is 1. The van der Waals surface area contributed by atoms with Crippen molar-refractivity contribution in [3.8, 4) is 5.75 Å². The van der Waals surface area contributed by atoms with Crippen LogP contribution in [0.5, 0.6) is 5.75 Å². The number of hydrogen-bond acceptors (Lipinski definition) is 5. The van der Waals surface area contributed by atoms with Crippen LogP contribution in [0, 0.1) is 11.6 Å². The topological polar surface area (TPSA) is 98.7 Å². The van der Waals surface area contributed by atoms with Crippen LogP contribution >= 0.6 is 22.9 Å². The van der Waals surface area contributed by atoms with Crippen molar-refractivity contribution in [2.45, 2.75) is 71.9 Å². The van der Waals surface area contributed by atoms with Gasteiger partial charge in [0, 0.05) is 23.7 Å².